The van der Waals surface area contributed by atoms with E-state index < -0.39 is 29.8 Å². The van der Waals surface area contributed by atoms with Gasteiger partial charge in [-0.25, -0.2) is 8.78 Å². The summed E-state index contributed by atoms with van der Waals surface area (Å²) in [6.45, 7) is 3.73. The smallest absolute Gasteiger partial charge is 0.207 e. The van der Waals surface area contributed by atoms with Crippen molar-refractivity contribution in [1.29, 1.82) is 0 Å². The van der Waals surface area contributed by atoms with Gasteiger partial charge in [-0.05, 0) is 65.3 Å². The molecule has 0 aliphatic carbocycles. The molecule has 0 unspecified atom stereocenters. The van der Waals surface area contributed by atoms with Gasteiger partial charge in [-0.2, -0.15) is 13.2 Å². The lowest BCUT2D eigenvalue weighted by Crippen LogP contribution is -2.12. The van der Waals surface area contributed by atoms with Gasteiger partial charge >= 0.3 is 6.18 Å². The lowest BCUT2D eigenvalue weighted by molar-refractivity contribution is -0.127. The summed E-state index contributed by atoms with van der Waals surface area (Å²) in [5.41, 5.74) is 2.60. The van der Waals surface area contributed by atoms with E-state index in [1.165, 1.54) is 17.7 Å². The Labute approximate surface area is 200 Å². The second-order valence-corrected chi connectivity index (χ2v) is 8.24. The Morgan fingerprint density at radius 1 is 0.800 bits per heavy atom. The van der Waals surface area contributed by atoms with Gasteiger partial charge in [0.2, 0.25) is 0 Å². The van der Waals surface area contributed by atoms with Crippen LogP contribution >= 0.6 is 0 Å². The predicted octanol–water partition coefficient (Wildman–Crippen LogP) is 8.41. The fourth-order valence-electron chi connectivity index (χ4n) is 3.83. The van der Waals surface area contributed by atoms with Crippen LogP contribution in [0.3, 0.4) is 0 Å². The maximum atomic E-state index is 15.2. The third-order valence-electron chi connectivity index (χ3n) is 5.65. The number of hydrogen-bond acceptors (Lipinski definition) is 0. The Morgan fingerprint density at radius 2 is 1.51 bits per heavy atom. The quantitative estimate of drug-likeness (QED) is 0.154. The zero-order valence-corrected chi connectivity index (χ0v) is 18.7. The van der Waals surface area contributed by atoms with Crippen LogP contribution in [0.4, 0.5) is 22.0 Å². The van der Waals surface area contributed by atoms with Gasteiger partial charge in [-0.1, -0.05) is 60.4 Å². The average molecular weight is 476 g/mol. The summed E-state index contributed by atoms with van der Waals surface area (Å²) in [6.07, 6.45) is -2.17. The summed E-state index contributed by atoms with van der Waals surface area (Å²) >= 11 is 0. The van der Waals surface area contributed by atoms with E-state index in [9.17, 15) is 17.6 Å². The molecule has 35 heavy (non-hydrogen) atoms. The molecule has 0 aliphatic rings. The minimum atomic E-state index is -4.52. The molecule has 4 rings (SSSR count). The molecule has 0 saturated heterocycles. The monoisotopic (exact) mass is 476 g/mol. The Balaban J connectivity index is 1.58. The molecule has 0 atom stereocenters. The van der Waals surface area contributed by atoms with Gasteiger partial charge in [0.1, 0.15) is 11.6 Å². The molecule has 0 bridgehead atoms. The largest absolute Gasteiger partial charge is 0.393 e. The maximum Gasteiger partial charge on any atom is 0.393 e. The van der Waals surface area contributed by atoms with Gasteiger partial charge in [0, 0.05) is 22.1 Å². The summed E-state index contributed by atoms with van der Waals surface area (Å²) in [7, 11) is 0. The zero-order valence-electron chi connectivity index (χ0n) is 18.7. The molecular weight excluding hydrogens is 455 g/mol. The van der Waals surface area contributed by atoms with Crippen LogP contribution in [0.2, 0.25) is 0 Å². The molecule has 0 heterocycles. The molecule has 5 heteroatoms. The van der Waals surface area contributed by atoms with E-state index in [2.05, 4.69) is 18.4 Å². The molecule has 4 aromatic rings. The van der Waals surface area contributed by atoms with Crippen molar-refractivity contribution in [2.75, 3.05) is 0 Å². The molecule has 0 nitrogen and oxygen atoms in total. The van der Waals surface area contributed by atoms with Crippen LogP contribution in [-0.4, -0.2) is 6.18 Å². The van der Waals surface area contributed by atoms with Gasteiger partial charge in [0.25, 0.3) is 0 Å². The van der Waals surface area contributed by atoms with Crippen molar-refractivity contribution in [3.63, 3.8) is 0 Å². The number of allylic oxidation sites excluding steroid dienone is 1. The van der Waals surface area contributed by atoms with Gasteiger partial charge < -0.3 is 0 Å². The number of fused-ring (bicyclic) bond motifs is 1. The minimum Gasteiger partial charge on any atom is -0.207 e. The highest BCUT2D eigenvalue weighted by Crippen LogP contribution is 2.32. The number of rotatable bonds is 5. The normalized spacial score (nSPS) is 11.2. The Hall–Kier alpha value is -3.91. The SMILES string of the molecule is C=CCCc1ccc(C#Cc2ccc3c(F)c(-c4ccc(CC(F)(F)F)c(F)c4)ccc3c2)cc1. The van der Waals surface area contributed by atoms with E-state index in [4.69, 9.17) is 0 Å². The Bertz CT molecular complexity index is 1430. The molecule has 4 aromatic carbocycles. The molecular formula is C30H21F5. The average Bonchev–Trinajstić information content (AvgIpc) is 2.83. The lowest BCUT2D eigenvalue weighted by Gasteiger charge is -2.11. The van der Waals surface area contributed by atoms with Crippen LogP contribution in [0.15, 0.2) is 85.5 Å². The molecule has 0 radical (unpaired) electrons. The molecule has 0 saturated carbocycles. The highest BCUT2D eigenvalue weighted by Gasteiger charge is 2.29. The Kier molecular flexibility index (Phi) is 7.02. The topological polar surface area (TPSA) is 0 Å². The van der Waals surface area contributed by atoms with Crippen molar-refractivity contribution in [3.05, 3.63) is 119 Å². The molecule has 0 aliphatic heterocycles. The number of halogens is 5. The minimum absolute atomic E-state index is 0.116. The van der Waals surface area contributed by atoms with Crippen molar-refractivity contribution in [3.8, 4) is 23.0 Å². The molecule has 0 N–H and O–H groups in total. The maximum absolute atomic E-state index is 15.2. The highest BCUT2D eigenvalue weighted by molar-refractivity contribution is 5.89. The first kappa shape index (κ1) is 24.2. The first-order valence-electron chi connectivity index (χ1n) is 11.0. The number of benzene rings is 4. The van der Waals surface area contributed by atoms with Crippen LogP contribution in [0.1, 0.15) is 28.7 Å². The fourth-order valence-corrected chi connectivity index (χ4v) is 3.83. The first-order chi connectivity index (χ1) is 16.7. The van der Waals surface area contributed by atoms with E-state index in [1.807, 2.05) is 30.3 Å². The zero-order chi connectivity index (χ0) is 25.0. The van der Waals surface area contributed by atoms with E-state index in [1.54, 1.807) is 24.3 Å². The van der Waals surface area contributed by atoms with Crippen molar-refractivity contribution in [2.24, 2.45) is 0 Å². The van der Waals surface area contributed by atoms with E-state index in [0.29, 0.717) is 16.3 Å². The van der Waals surface area contributed by atoms with Crippen molar-refractivity contribution < 1.29 is 22.0 Å². The highest BCUT2D eigenvalue weighted by atomic mass is 19.4. The van der Waals surface area contributed by atoms with E-state index in [-0.39, 0.29) is 11.1 Å². The van der Waals surface area contributed by atoms with Gasteiger partial charge in [-0.3, -0.25) is 0 Å². The van der Waals surface area contributed by atoms with E-state index in [0.717, 1.165) is 30.5 Å². The number of hydrogen-bond donors (Lipinski definition) is 0. The third-order valence-corrected chi connectivity index (χ3v) is 5.65. The number of alkyl halides is 3. The summed E-state index contributed by atoms with van der Waals surface area (Å²) in [4.78, 5) is 0. The fraction of sp³-hybridized carbons (Fsp3) is 0.133. The second-order valence-electron chi connectivity index (χ2n) is 8.24. The summed E-state index contributed by atoms with van der Waals surface area (Å²) in [6, 6.07) is 19.5. The van der Waals surface area contributed by atoms with Gasteiger partial charge in [0.15, 0.2) is 0 Å². The second kappa shape index (κ2) is 10.1. The molecule has 0 aromatic heterocycles. The Morgan fingerprint density at radius 3 is 2.20 bits per heavy atom. The van der Waals surface area contributed by atoms with Gasteiger partial charge in [0.05, 0.1) is 6.42 Å². The summed E-state index contributed by atoms with van der Waals surface area (Å²) in [5.74, 6) is 4.60. The van der Waals surface area contributed by atoms with Crippen molar-refractivity contribution >= 4 is 10.8 Å². The van der Waals surface area contributed by atoms with Crippen LogP contribution in [0.25, 0.3) is 21.9 Å². The van der Waals surface area contributed by atoms with Crippen LogP contribution in [0.5, 0.6) is 0 Å². The van der Waals surface area contributed by atoms with Crippen molar-refractivity contribution in [2.45, 2.75) is 25.4 Å². The number of aryl methyl sites for hydroxylation is 1. The predicted molar refractivity (Wildman–Crippen MR) is 130 cm³/mol. The van der Waals surface area contributed by atoms with Crippen LogP contribution in [-0.2, 0) is 12.8 Å². The van der Waals surface area contributed by atoms with E-state index >= 15 is 4.39 Å². The van der Waals surface area contributed by atoms with Gasteiger partial charge in [-0.15, -0.1) is 6.58 Å². The molecule has 0 fully saturated rings. The summed E-state index contributed by atoms with van der Waals surface area (Å²) < 4.78 is 67.2. The third kappa shape index (κ3) is 5.96. The molecule has 0 spiro atoms. The van der Waals surface area contributed by atoms with Crippen LogP contribution < -0.4 is 0 Å². The van der Waals surface area contributed by atoms with Crippen LogP contribution in [0, 0.1) is 23.5 Å². The standard InChI is InChI=1S/C30H21F5/c1-2-3-4-20-5-7-21(8-6-20)9-10-22-11-15-26-23(17-22)14-16-27(29(26)32)24-12-13-25(28(31)18-24)19-30(33,34)35/h2,5-8,11-18H,1,3-4,19H2. The van der Waals surface area contributed by atoms with Crippen molar-refractivity contribution in [1.82, 2.24) is 0 Å². The first-order valence-corrected chi connectivity index (χ1v) is 11.0. The molecule has 0 amide bonds. The summed E-state index contributed by atoms with van der Waals surface area (Å²) in [5, 5.41) is 0.936. The molecule has 176 valence electrons. The lowest BCUT2D eigenvalue weighted by atomic mass is 9.97.